The van der Waals surface area contributed by atoms with Gasteiger partial charge in [-0.3, -0.25) is 0 Å². The summed E-state index contributed by atoms with van der Waals surface area (Å²) in [7, 11) is 0. The number of carbonyl (C=O) groups excluding carboxylic acids is 1. The van der Waals surface area contributed by atoms with Crippen LogP contribution in [0.2, 0.25) is 0 Å². The van der Waals surface area contributed by atoms with Crippen molar-refractivity contribution >= 4 is 12.0 Å². The summed E-state index contributed by atoms with van der Waals surface area (Å²) in [5.41, 5.74) is 0. The zero-order chi connectivity index (χ0) is 13.0. The molecule has 96 valence electrons. The van der Waals surface area contributed by atoms with Gasteiger partial charge in [0.15, 0.2) is 0 Å². The molecule has 2 unspecified atom stereocenters. The van der Waals surface area contributed by atoms with Gasteiger partial charge in [0.1, 0.15) is 0 Å². The standard InChI is InChI=1S/C14H17NO3/c1-2-18-14(17)13-11(7-8-16)9-10-5-3-4-6-12(10)15-13/h3-6,9,11,13,16H,2,7-8H2,1H3/p+1. The van der Waals surface area contributed by atoms with E-state index in [2.05, 4.69) is 4.99 Å². The van der Waals surface area contributed by atoms with E-state index in [4.69, 9.17) is 9.84 Å². The van der Waals surface area contributed by atoms with Gasteiger partial charge in [-0.25, -0.2) is 9.79 Å². The van der Waals surface area contributed by atoms with Crippen molar-refractivity contribution in [3.8, 4) is 0 Å². The maximum atomic E-state index is 11.9. The number of aliphatic hydroxyl groups is 1. The summed E-state index contributed by atoms with van der Waals surface area (Å²) in [6, 6.07) is 7.40. The van der Waals surface area contributed by atoms with E-state index in [0.29, 0.717) is 13.0 Å². The molecule has 0 bridgehead atoms. The van der Waals surface area contributed by atoms with Crippen molar-refractivity contribution in [1.82, 2.24) is 0 Å². The maximum Gasteiger partial charge on any atom is 0.375 e. The molecule has 0 fully saturated rings. The summed E-state index contributed by atoms with van der Waals surface area (Å²) in [6.45, 7) is 2.21. The first-order valence-corrected chi connectivity index (χ1v) is 6.24. The molecule has 2 N–H and O–H groups in total. The Morgan fingerprint density at radius 1 is 1.44 bits per heavy atom. The number of hydrogen-bond donors (Lipinski definition) is 2. The largest absolute Gasteiger partial charge is 0.461 e. The number of hydrogen-bond acceptors (Lipinski definition) is 3. The number of fused-ring (bicyclic) bond motifs is 1. The minimum atomic E-state index is -0.410. The molecule has 1 aromatic rings. The third-order valence-electron chi connectivity index (χ3n) is 3.10. The zero-order valence-electron chi connectivity index (χ0n) is 10.4. The Kier molecular flexibility index (Phi) is 4.10. The first-order chi connectivity index (χ1) is 8.76. The van der Waals surface area contributed by atoms with E-state index in [-0.39, 0.29) is 18.5 Å². The molecule has 0 amide bonds. The summed E-state index contributed by atoms with van der Waals surface area (Å²) < 4.78 is 5.07. The number of rotatable bonds is 4. The van der Waals surface area contributed by atoms with E-state index in [1.54, 1.807) is 6.92 Å². The third-order valence-corrected chi connectivity index (χ3v) is 3.10. The minimum absolute atomic E-state index is 0.0380. The first kappa shape index (κ1) is 12.8. The van der Waals surface area contributed by atoms with Crippen LogP contribution in [0.1, 0.15) is 13.3 Å². The normalized spacial score (nSPS) is 21.4. The molecule has 1 heterocycles. The number of carbonyl (C=O) groups is 1. The van der Waals surface area contributed by atoms with Gasteiger partial charge in [-0.15, -0.1) is 0 Å². The Bertz CT molecular complexity index is 538. The number of benzene rings is 1. The van der Waals surface area contributed by atoms with E-state index >= 15 is 0 Å². The van der Waals surface area contributed by atoms with Crippen LogP contribution in [0.25, 0.3) is 6.08 Å². The summed E-state index contributed by atoms with van der Waals surface area (Å²) in [6.07, 6.45) is 2.58. The monoisotopic (exact) mass is 248 g/mol. The zero-order valence-corrected chi connectivity index (χ0v) is 10.4. The fourth-order valence-electron chi connectivity index (χ4n) is 2.24. The maximum absolute atomic E-state index is 11.9. The molecule has 0 radical (unpaired) electrons. The lowest BCUT2D eigenvalue weighted by molar-refractivity contribution is -0.540. The number of ether oxygens (including phenoxy) is 1. The van der Waals surface area contributed by atoms with Gasteiger partial charge in [-0.1, -0.05) is 18.2 Å². The first-order valence-electron chi connectivity index (χ1n) is 6.24. The van der Waals surface area contributed by atoms with Crippen molar-refractivity contribution in [3.05, 3.63) is 34.8 Å². The van der Waals surface area contributed by atoms with Gasteiger partial charge >= 0.3 is 5.97 Å². The highest BCUT2D eigenvalue weighted by atomic mass is 16.5. The highest BCUT2D eigenvalue weighted by Crippen LogP contribution is 2.10. The molecule has 4 heteroatoms. The van der Waals surface area contributed by atoms with Crippen molar-refractivity contribution < 1.29 is 19.6 Å². The number of esters is 1. The van der Waals surface area contributed by atoms with E-state index < -0.39 is 6.04 Å². The smallest absolute Gasteiger partial charge is 0.375 e. The lowest BCUT2D eigenvalue weighted by atomic mass is 9.93. The molecule has 0 aromatic heterocycles. The van der Waals surface area contributed by atoms with E-state index in [0.717, 1.165) is 10.6 Å². The predicted molar refractivity (Wildman–Crippen MR) is 65.8 cm³/mol. The highest BCUT2D eigenvalue weighted by Gasteiger charge is 2.34. The van der Waals surface area contributed by atoms with Crippen molar-refractivity contribution in [2.24, 2.45) is 5.92 Å². The van der Waals surface area contributed by atoms with Crippen LogP contribution >= 0.6 is 0 Å². The molecule has 1 aliphatic rings. The van der Waals surface area contributed by atoms with Crippen LogP contribution in [-0.4, -0.2) is 30.3 Å². The molecular formula is C14H18NO3+. The Hall–Kier alpha value is -1.68. The molecule has 2 atom stereocenters. The van der Waals surface area contributed by atoms with Crippen LogP contribution in [0.5, 0.6) is 0 Å². The van der Waals surface area contributed by atoms with Crippen LogP contribution in [0.15, 0.2) is 24.3 Å². The van der Waals surface area contributed by atoms with Crippen LogP contribution in [0, 0.1) is 5.92 Å². The van der Waals surface area contributed by atoms with Gasteiger partial charge in [0.05, 0.1) is 12.5 Å². The van der Waals surface area contributed by atoms with Gasteiger partial charge in [-0.2, -0.15) is 0 Å². The van der Waals surface area contributed by atoms with E-state index in [1.807, 2.05) is 30.3 Å². The van der Waals surface area contributed by atoms with Crippen molar-refractivity contribution in [2.75, 3.05) is 13.2 Å². The number of aliphatic hydroxyl groups excluding tert-OH is 1. The van der Waals surface area contributed by atoms with E-state index in [9.17, 15) is 4.79 Å². The number of nitrogens with one attached hydrogen (secondary N) is 1. The third kappa shape index (κ3) is 2.59. The molecule has 1 aliphatic heterocycles. The SMILES string of the molecule is CCOC(=O)C1[NH+]=c2ccccc2=CC1CCO. The second-order valence-corrected chi connectivity index (χ2v) is 4.30. The minimum Gasteiger partial charge on any atom is -0.461 e. The van der Waals surface area contributed by atoms with Gasteiger partial charge in [-0.05, 0) is 19.4 Å². The molecule has 18 heavy (non-hydrogen) atoms. The Balaban J connectivity index is 2.39. The fraction of sp³-hybridized carbons (Fsp3) is 0.429. The molecule has 0 saturated carbocycles. The van der Waals surface area contributed by atoms with Gasteiger partial charge in [0, 0.05) is 17.9 Å². The molecule has 4 nitrogen and oxygen atoms in total. The molecule has 0 spiro atoms. The van der Waals surface area contributed by atoms with Gasteiger partial charge < -0.3 is 9.84 Å². The fourth-order valence-corrected chi connectivity index (χ4v) is 2.24. The summed E-state index contributed by atoms with van der Waals surface area (Å²) in [5.74, 6) is -0.300. The Labute approximate surface area is 106 Å². The molecule has 1 aromatic carbocycles. The molecule has 2 rings (SSSR count). The lowest BCUT2D eigenvalue weighted by Crippen LogP contribution is -2.90. The summed E-state index contributed by atoms with van der Waals surface area (Å²) >= 11 is 0. The molecular weight excluding hydrogens is 230 g/mol. The summed E-state index contributed by atoms with van der Waals surface area (Å²) in [5, 5.41) is 11.1. The van der Waals surface area contributed by atoms with Crippen LogP contribution in [0.4, 0.5) is 0 Å². The topological polar surface area (TPSA) is 60.5 Å². The quantitative estimate of drug-likeness (QED) is 0.613. The summed E-state index contributed by atoms with van der Waals surface area (Å²) in [4.78, 5) is 15.1. The van der Waals surface area contributed by atoms with Crippen LogP contribution in [0.3, 0.4) is 0 Å². The molecule has 0 saturated heterocycles. The van der Waals surface area contributed by atoms with Crippen molar-refractivity contribution in [2.45, 2.75) is 19.4 Å². The van der Waals surface area contributed by atoms with Crippen molar-refractivity contribution in [3.63, 3.8) is 0 Å². The predicted octanol–water partition coefficient (Wildman–Crippen LogP) is -1.89. The van der Waals surface area contributed by atoms with Crippen molar-refractivity contribution in [1.29, 1.82) is 0 Å². The lowest BCUT2D eigenvalue weighted by Gasteiger charge is -2.17. The number of para-hydroxylation sites is 1. The molecule has 0 aliphatic carbocycles. The van der Waals surface area contributed by atoms with Crippen LogP contribution < -0.4 is 15.6 Å². The second kappa shape index (κ2) is 5.78. The Morgan fingerprint density at radius 2 is 2.22 bits per heavy atom. The second-order valence-electron chi connectivity index (χ2n) is 4.30. The van der Waals surface area contributed by atoms with Gasteiger partial charge in [0.2, 0.25) is 5.36 Å². The highest BCUT2D eigenvalue weighted by molar-refractivity contribution is 5.75. The average molecular weight is 248 g/mol. The average Bonchev–Trinajstić information content (AvgIpc) is 2.38. The van der Waals surface area contributed by atoms with Gasteiger partial charge in [0.25, 0.3) is 6.04 Å². The van der Waals surface area contributed by atoms with E-state index in [1.165, 1.54) is 0 Å². The van der Waals surface area contributed by atoms with Crippen LogP contribution in [-0.2, 0) is 9.53 Å². The Morgan fingerprint density at radius 3 is 2.94 bits per heavy atom.